The second kappa shape index (κ2) is 13.6. The summed E-state index contributed by atoms with van der Waals surface area (Å²) in [7, 11) is -3.90. The van der Waals surface area contributed by atoms with E-state index in [9.17, 15) is 13.5 Å². The first-order valence-corrected chi connectivity index (χ1v) is 16.5. The number of rotatable bonds is 14. The van der Waals surface area contributed by atoms with Crippen LogP contribution in [0.1, 0.15) is 53.9 Å². The Morgan fingerprint density at radius 2 is 1.95 bits per heavy atom. The molecule has 3 heterocycles. The number of aliphatic hydroxyl groups excluding tert-OH is 1. The third-order valence-electron chi connectivity index (χ3n) is 7.23. The van der Waals surface area contributed by atoms with Crippen LogP contribution in [0.15, 0.2) is 78.1 Å². The van der Waals surface area contributed by atoms with Crippen molar-refractivity contribution in [1.82, 2.24) is 15.3 Å². The lowest BCUT2D eigenvalue weighted by Gasteiger charge is -2.22. The second-order valence-corrected chi connectivity index (χ2v) is 13.1. The fraction of sp³-hybridized carbons (Fsp3) is 0.355. The van der Waals surface area contributed by atoms with Crippen molar-refractivity contribution >= 4 is 37.9 Å². The minimum Gasteiger partial charge on any atom is -0.387 e. The summed E-state index contributed by atoms with van der Waals surface area (Å²) in [5.74, 6) is 0. The van der Waals surface area contributed by atoms with Crippen LogP contribution in [0.3, 0.4) is 0 Å². The maximum Gasteiger partial charge on any atom is 0.270 e. The Hall–Kier alpha value is -3.31. The topological polar surface area (TPSA) is 107 Å². The average molecular weight is 592 g/mol. The number of benzene rings is 2. The average Bonchev–Trinajstić information content (AvgIpc) is 3.66. The number of hydrogen-bond donors (Lipinski definition) is 3. The van der Waals surface area contributed by atoms with Gasteiger partial charge in [-0.3, -0.25) is 4.98 Å². The van der Waals surface area contributed by atoms with Crippen LogP contribution < -0.4 is 14.9 Å². The highest BCUT2D eigenvalue weighted by Crippen LogP contribution is 2.37. The van der Waals surface area contributed by atoms with Gasteiger partial charge in [0, 0.05) is 47.8 Å². The minimum absolute atomic E-state index is 0.267. The summed E-state index contributed by atoms with van der Waals surface area (Å²) in [5, 5.41) is 17.4. The first-order chi connectivity index (χ1) is 20.0. The number of nitrogens with one attached hydrogen (secondary N) is 2. The first-order valence-electron chi connectivity index (χ1n) is 14.2. The molecule has 8 nitrogen and oxygen atoms in total. The monoisotopic (exact) mass is 591 g/mol. The van der Waals surface area contributed by atoms with Crippen molar-refractivity contribution in [2.75, 3.05) is 29.3 Å². The lowest BCUT2D eigenvalue weighted by molar-refractivity contribution is 0.174. The number of aliphatic hydroxyl groups is 1. The molecule has 1 unspecified atom stereocenters. The number of unbranched alkanes of at least 4 members (excludes halogenated alkanes) is 2. The summed E-state index contributed by atoms with van der Waals surface area (Å²) < 4.78 is 29.6. The Bertz CT molecular complexity index is 1530. The molecule has 0 radical (unpaired) electrons. The number of nitrogens with zero attached hydrogens (tertiary/aromatic N) is 3. The molecule has 4 aromatic rings. The number of sulfonamides is 1. The van der Waals surface area contributed by atoms with Crippen molar-refractivity contribution in [2.24, 2.45) is 0 Å². The van der Waals surface area contributed by atoms with E-state index < -0.39 is 16.1 Å². The third-order valence-corrected chi connectivity index (χ3v) is 10.1. The zero-order valence-electron chi connectivity index (χ0n) is 23.3. The van der Waals surface area contributed by atoms with Gasteiger partial charge in [0.15, 0.2) is 0 Å². The van der Waals surface area contributed by atoms with Gasteiger partial charge in [-0.2, -0.15) is 0 Å². The van der Waals surface area contributed by atoms with Crippen LogP contribution in [0.5, 0.6) is 0 Å². The van der Waals surface area contributed by atoms with Gasteiger partial charge >= 0.3 is 0 Å². The van der Waals surface area contributed by atoms with Gasteiger partial charge < -0.3 is 15.7 Å². The maximum absolute atomic E-state index is 14.1. The molecule has 3 N–H and O–H groups in total. The Labute approximate surface area is 246 Å². The van der Waals surface area contributed by atoms with Gasteiger partial charge in [-0.1, -0.05) is 38.0 Å². The second-order valence-electron chi connectivity index (χ2n) is 10.3. The van der Waals surface area contributed by atoms with Crippen LogP contribution in [0.2, 0.25) is 0 Å². The van der Waals surface area contributed by atoms with Crippen molar-refractivity contribution in [2.45, 2.75) is 56.4 Å². The number of thiazole rings is 1. The molecular weight excluding hydrogens is 555 g/mol. The van der Waals surface area contributed by atoms with E-state index in [1.165, 1.54) is 15.6 Å². The lowest BCUT2D eigenvalue weighted by atomic mass is 10.1. The number of hydrogen-bond acceptors (Lipinski definition) is 8. The van der Waals surface area contributed by atoms with E-state index >= 15 is 0 Å². The third kappa shape index (κ3) is 7.13. The maximum atomic E-state index is 14.1. The molecule has 2 aromatic heterocycles. The van der Waals surface area contributed by atoms with Gasteiger partial charge in [0.1, 0.15) is 0 Å². The molecule has 1 aliphatic rings. The Balaban J connectivity index is 1.32. The number of aromatic nitrogens is 2. The molecule has 5 rings (SSSR count). The van der Waals surface area contributed by atoms with Crippen LogP contribution in [0, 0.1) is 0 Å². The molecule has 0 saturated carbocycles. The van der Waals surface area contributed by atoms with Crippen molar-refractivity contribution in [3.63, 3.8) is 0 Å². The fourth-order valence-corrected chi connectivity index (χ4v) is 7.60. The smallest absolute Gasteiger partial charge is 0.270 e. The quantitative estimate of drug-likeness (QED) is 0.163. The standard InChI is InChI=1S/C31H37N5O3S2/c1-2-3-4-7-27-21-35-31(40-27)36(41(38,39)28-12-13-29-24(19-28)15-18-34-29)26-10-8-23(9-11-26)14-17-33-22-30(37)25-6-5-16-32-20-25/h5-6,8-13,16,19-21,30,33-34,37H,2-4,7,14-15,17-18,22H2,1H3. The van der Waals surface area contributed by atoms with Crippen molar-refractivity contribution in [1.29, 1.82) is 0 Å². The summed E-state index contributed by atoms with van der Waals surface area (Å²) in [4.78, 5) is 9.98. The molecule has 216 valence electrons. The zero-order chi connectivity index (χ0) is 28.7. The number of pyridine rings is 1. The van der Waals surface area contributed by atoms with E-state index in [1.807, 2.05) is 48.7 Å². The Morgan fingerprint density at radius 3 is 2.73 bits per heavy atom. The zero-order valence-corrected chi connectivity index (χ0v) is 24.9. The van der Waals surface area contributed by atoms with E-state index in [1.54, 1.807) is 24.5 Å². The lowest BCUT2D eigenvalue weighted by Crippen LogP contribution is -2.26. The SMILES string of the molecule is CCCCCc1cnc(N(c2ccc(CCNCC(O)c3cccnc3)cc2)S(=O)(=O)c2ccc3c(c2)CCN3)s1. The van der Waals surface area contributed by atoms with E-state index in [0.717, 1.165) is 72.3 Å². The summed E-state index contributed by atoms with van der Waals surface area (Å²) in [6, 6.07) is 16.6. The molecule has 0 bridgehead atoms. The van der Waals surface area contributed by atoms with Gasteiger partial charge in [-0.15, -0.1) is 11.3 Å². The highest BCUT2D eigenvalue weighted by molar-refractivity contribution is 7.93. The van der Waals surface area contributed by atoms with Crippen LogP contribution in [-0.4, -0.2) is 43.1 Å². The number of anilines is 3. The van der Waals surface area contributed by atoms with E-state index in [0.29, 0.717) is 23.9 Å². The molecule has 0 fully saturated rings. The Morgan fingerprint density at radius 1 is 1.10 bits per heavy atom. The van der Waals surface area contributed by atoms with Gasteiger partial charge in [-0.25, -0.2) is 17.7 Å². The molecule has 1 aliphatic heterocycles. The predicted molar refractivity (Wildman–Crippen MR) is 166 cm³/mol. The van der Waals surface area contributed by atoms with Crippen molar-refractivity contribution in [3.05, 3.63) is 94.8 Å². The Kier molecular flexibility index (Phi) is 9.66. The van der Waals surface area contributed by atoms with Crippen molar-refractivity contribution in [3.8, 4) is 0 Å². The molecule has 0 amide bonds. The van der Waals surface area contributed by atoms with Crippen LogP contribution in [0.4, 0.5) is 16.5 Å². The van der Waals surface area contributed by atoms with E-state index in [-0.39, 0.29) is 4.90 Å². The molecule has 10 heteroatoms. The van der Waals surface area contributed by atoms with Crippen LogP contribution in [-0.2, 0) is 29.3 Å². The minimum atomic E-state index is -3.90. The van der Waals surface area contributed by atoms with Gasteiger partial charge in [0.2, 0.25) is 5.13 Å². The summed E-state index contributed by atoms with van der Waals surface area (Å²) in [5.41, 5.74) is 4.41. The van der Waals surface area contributed by atoms with Crippen LogP contribution in [0.25, 0.3) is 0 Å². The highest BCUT2D eigenvalue weighted by atomic mass is 32.2. The molecule has 0 aliphatic carbocycles. The van der Waals surface area contributed by atoms with Gasteiger partial charge in [-0.05, 0) is 79.8 Å². The number of fused-ring (bicyclic) bond motifs is 1. The molecule has 1 atom stereocenters. The summed E-state index contributed by atoms with van der Waals surface area (Å²) in [6.45, 7) is 4.09. The molecule has 2 aromatic carbocycles. The van der Waals surface area contributed by atoms with E-state index in [4.69, 9.17) is 0 Å². The summed E-state index contributed by atoms with van der Waals surface area (Å²) >= 11 is 1.44. The molecule has 0 spiro atoms. The molecule has 0 saturated heterocycles. The van der Waals surface area contributed by atoms with Crippen molar-refractivity contribution < 1.29 is 13.5 Å². The predicted octanol–water partition coefficient (Wildman–Crippen LogP) is 5.63. The highest BCUT2D eigenvalue weighted by Gasteiger charge is 2.30. The fourth-order valence-electron chi connectivity index (χ4n) is 4.92. The first kappa shape index (κ1) is 29.2. The van der Waals surface area contributed by atoms with Gasteiger partial charge in [0.05, 0.1) is 16.7 Å². The number of aryl methyl sites for hydroxylation is 1. The summed E-state index contributed by atoms with van der Waals surface area (Å²) in [6.07, 6.45) is 10.3. The largest absolute Gasteiger partial charge is 0.387 e. The molecular formula is C31H37N5O3S2. The van der Waals surface area contributed by atoms with Crippen LogP contribution >= 0.6 is 11.3 Å². The normalized spacial score (nSPS) is 13.5. The van der Waals surface area contributed by atoms with E-state index in [2.05, 4.69) is 27.5 Å². The molecule has 41 heavy (non-hydrogen) atoms. The van der Waals surface area contributed by atoms with Gasteiger partial charge in [0.25, 0.3) is 10.0 Å².